The smallest absolute Gasteiger partial charge is 0.335 e. The van der Waals surface area contributed by atoms with E-state index in [0.717, 1.165) is 0 Å². The van der Waals surface area contributed by atoms with Crippen LogP contribution >= 0.6 is 23.2 Å². The summed E-state index contributed by atoms with van der Waals surface area (Å²) in [6.45, 7) is 7.36. The van der Waals surface area contributed by atoms with E-state index in [1.54, 1.807) is 6.08 Å². The van der Waals surface area contributed by atoms with E-state index in [1.807, 2.05) is 0 Å². The SMILES string of the molecule is C=CCOCC(=C)C(=O)OCC(Cl)Cl. The number of esters is 1. The zero-order chi connectivity index (χ0) is 11.0. The van der Waals surface area contributed by atoms with Gasteiger partial charge in [-0.3, -0.25) is 0 Å². The van der Waals surface area contributed by atoms with Crippen LogP contribution in [0.3, 0.4) is 0 Å². The first kappa shape index (κ1) is 13.5. The number of rotatable bonds is 7. The molecule has 0 unspecified atom stereocenters. The normalized spacial score (nSPS) is 9.93. The van der Waals surface area contributed by atoms with Gasteiger partial charge in [-0.05, 0) is 0 Å². The molecule has 0 spiro atoms. The summed E-state index contributed by atoms with van der Waals surface area (Å²) in [7, 11) is 0. The molecule has 0 aromatic rings. The van der Waals surface area contributed by atoms with E-state index in [9.17, 15) is 4.79 Å². The van der Waals surface area contributed by atoms with E-state index in [4.69, 9.17) is 27.9 Å². The molecule has 0 aliphatic rings. The van der Waals surface area contributed by atoms with Crippen molar-refractivity contribution in [3.05, 3.63) is 24.8 Å². The van der Waals surface area contributed by atoms with Gasteiger partial charge in [0, 0.05) is 0 Å². The van der Waals surface area contributed by atoms with Crippen LogP contribution in [0.5, 0.6) is 0 Å². The number of hydrogen-bond donors (Lipinski definition) is 0. The van der Waals surface area contributed by atoms with E-state index in [0.29, 0.717) is 6.61 Å². The molecule has 0 aliphatic heterocycles. The summed E-state index contributed by atoms with van der Waals surface area (Å²) in [5.41, 5.74) is 0.223. The van der Waals surface area contributed by atoms with Crippen LogP contribution in [0, 0.1) is 0 Å². The maximum atomic E-state index is 11.1. The number of carbonyl (C=O) groups is 1. The maximum Gasteiger partial charge on any atom is 0.335 e. The standard InChI is InChI=1S/C9H12Cl2O3/c1-3-4-13-5-7(2)9(12)14-6-8(10)11/h3,8H,1-2,4-6H2. The molecule has 0 amide bonds. The monoisotopic (exact) mass is 238 g/mol. The van der Waals surface area contributed by atoms with Crippen LogP contribution in [0.1, 0.15) is 0 Å². The highest BCUT2D eigenvalue weighted by atomic mass is 35.5. The summed E-state index contributed by atoms with van der Waals surface area (Å²) in [5, 5.41) is 0. The zero-order valence-electron chi connectivity index (χ0n) is 7.67. The quantitative estimate of drug-likeness (QED) is 0.224. The lowest BCUT2D eigenvalue weighted by molar-refractivity contribution is -0.139. The summed E-state index contributed by atoms with van der Waals surface area (Å²) in [6.07, 6.45) is 1.58. The average Bonchev–Trinajstić information content (AvgIpc) is 2.14. The first-order valence-corrected chi connectivity index (χ1v) is 4.77. The highest BCUT2D eigenvalue weighted by molar-refractivity contribution is 6.44. The summed E-state index contributed by atoms with van der Waals surface area (Å²) < 4.78 is 9.68. The molecular weight excluding hydrogens is 227 g/mol. The van der Waals surface area contributed by atoms with E-state index < -0.39 is 10.8 Å². The van der Waals surface area contributed by atoms with Crippen LogP contribution in [0.25, 0.3) is 0 Å². The van der Waals surface area contributed by atoms with Crippen molar-refractivity contribution >= 4 is 29.2 Å². The van der Waals surface area contributed by atoms with Crippen molar-refractivity contribution in [1.29, 1.82) is 0 Å². The minimum atomic E-state index is -0.721. The van der Waals surface area contributed by atoms with Gasteiger partial charge in [-0.15, -0.1) is 29.8 Å². The van der Waals surface area contributed by atoms with Gasteiger partial charge < -0.3 is 9.47 Å². The van der Waals surface area contributed by atoms with Gasteiger partial charge in [0.15, 0.2) is 0 Å². The molecule has 0 bridgehead atoms. The first-order valence-electron chi connectivity index (χ1n) is 3.89. The zero-order valence-corrected chi connectivity index (χ0v) is 9.18. The largest absolute Gasteiger partial charge is 0.459 e. The lowest BCUT2D eigenvalue weighted by atomic mass is 10.3. The van der Waals surface area contributed by atoms with E-state index in [-0.39, 0.29) is 18.8 Å². The van der Waals surface area contributed by atoms with Crippen molar-refractivity contribution in [3.63, 3.8) is 0 Å². The van der Waals surface area contributed by atoms with E-state index >= 15 is 0 Å². The average molecular weight is 239 g/mol. The topological polar surface area (TPSA) is 35.5 Å². The van der Waals surface area contributed by atoms with Gasteiger partial charge in [-0.2, -0.15) is 0 Å². The molecule has 3 nitrogen and oxygen atoms in total. The van der Waals surface area contributed by atoms with Crippen LogP contribution in [0.4, 0.5) is 0 Å². The fourth-order valence-corrected chi connectivity index (χ4v) is 0.691. The Balaban J connectivity index is 3.65. The Kier molecular flexibility index (Phi) is 7.57. The molecule has 0 rings (SSSR count). The number of halogens is 2. The Morgan fingerprint density at radius 3 is 2.64 bits per heavy atom. The number of ether oxygens (including phenoxy) is 2. The van der Waals surface area contributed by atoms with Crippen molar-refractivity contribution in [1.82, 2.24) is 0 Å². The van der Waals surface area contributed by atoms with Crippen molar-refractivity contribution in [2.45, 2.75) is 4.84 Å². The molecule has 80 valence electrons. The van der Waals surface area contributed by atoms with Crippen molar-refractivity contribution in [3.8, 4) is 0 Å². The molecule has 0 heterocycles. The van der Waals surface area contributed by atoms with Gasteiger partial charge in [0.05, 0.1) is 18.8 Å². The van der Waals surface area contributed by atoms with Gasteiger partial charge in [0.25, 0.3) is 0 Å². The predicted molar refractivity (Wildman–Crippen MR) is 56.6 cm³/mol. The van der Waals surface area contributed by atoms with Gasteiger partial charge in [0.1, 0.15) is 11.4 Å². The Hall–Kier alpha value is -0.510. The van der Waals surface area contributed by atoms with Crippen molar-refractivity contribution < 1.29 is 14.3 Å². The van der Waals surface area contributed by atoms with Crippen molar-refractivity contribution in [2.24, 2.45) is 0 Å². The summed E-state index contributed by atoms with van der Waals surface area (Å²) in [4.78, 5) is 10.4. The third-order valence-electron chi connectivity index (χ3n) is 1.14. The van der Waals surface area contributed by atoms with Gasteiger partial charge in [-0.1, -0.05) is 12.7 Å². The molecule has 0 saturated carbocycles. The summed E-state index contributed by atoms with van der Waals surface area (Å²) in [6, 6.07) is 0. The fraction of sp³-hybridized carbons (Fsp3) is 0.444. The minimum Gasteiger partial charge on any atom is -0.459 e. The molecule has 14 heavy (non-hydrogen) atoms. The number of alkyl halides is 2. The summed E-state index contributed by atoms with van der Waals surface area (Å²) in [5.74, 6) is -0.555. The predicted octanol–water partition coefficient (Wildman–Crippen LogP) is 2.09. The molecule has 0 fully saturated rings. The van der Waals surface area contributed by atoms with Crippen LogP contribution < -0.4 is 0 Å². The lowest BCUT2D eigenvalue weighted by Gasteiger charge is -2.06. The Labute approximate surface area is 93.3 Å². The third kappa shape index (κ3) is 6.95. The van der Waals surface area contributed by atoms with Gasteiger partial charge >= 0.3 is 5.97 Å². The molecular formula is C9H12Cl2O3. The highest BCUT2D eigenvalue weighted by Gasteiger charge is 2.10. The second kappa shape index (κ2) is 7.85. The lowest BCUT2D eigenvalue weighted by Crippen LogP contribution is -2.15. The minimum absolute atomic E-state index is 0.0532. The fourth-order valence-electron chi connectivity index (χ4n) is 0.565. The van der Waals surface area contributed by atoms with Crippen LogP contribution in [0.2, 0.25) is 0 Å². The van der Waals surface area contributed by atoms with Crippen molar-refractivity contribution in [2.75, 3.05) is 19.8 Å². The van der Waals surface area contributed by atoms with Gasteiger partial charge in [-0.25, -0.2) is 4.79 Å². The summed E-state index contributed by atoms with van der Waals surface area (Å²) >= 11 is 10.7. The molecule has 5 heteroatoms. The van der Waals surface area contributed by atoms with Crippen LogP contribution in [-0.4, -0.2) is 30.6 Å². The Bertz CT molecular complexity index is 214. The van der Waals surface area contributed by atoms with Crippen LogP contribution in [-0.2, 0) is 14.3 Å². The Morgan fingerprint density at radius 2 is 2.14 bits per heavy atom. The second-order valence-corrected chi connectivity index (χ2v) is 3.67. The van der Waals surface area contributed by atoms with Gasteiger partial charge in [0.2, 0.25) is 0 Å². The molecule has 0 aromatic heterocycles. The van der Waals surface area contributed by atoms with Crippen LogP contribution in [0.15, 0.2) is 24.8 Å². The van der Waals surface area contributed by atoms with E-state index in [1.165, 1.54) is 0 Å². The molecule has 0 atom stereocenters. The Morgan fingerprint density at radius 1 is 1.50 bits per heavy atom. The second-order valence-electron chi connectivity index (χ2n) is 2.40. The molecule has 0 radical (unpaired) electrons. The molecule has 0 N–H and O–H groups in total. The maximum absolute atomic E-state index is 11.1. The molecule has 0 aliphatic carbocycles. The third-order valence-corrected chi connectivity index (χ3v) is 1.39. The molecule has 0 saturated heterocycles. The van der Waals surface area contributed by atoms with E-state index in [2.05, 4.69) is 17.9 Å². The molecule has 0 aromatic carbocycles. The highest BCUT2D eigenvalue weighted by Crippen LogP contribution is 2.04. The number of hydrogen-bond acceptors (Lipinski definition) is 3. The number of carbonyl (C=O) groups excluding carboxylic acids is 1. The first-order chi connectivity index (χ1) is 6.57.